The Morgan fingerprint density at radius 1 is 1.13 bits per heavy atom. The van der Waals surface area contributed by atoms with Crippen LogP contribution in [0.2, 0.25) is 0 Å². The summed E-state index contributed by atoms with van der Waals surface area (Å²) in [7, 11) is 0. The number of pyridine rings is 2. The largest absolute Gasteiger partial charge is 0.464 e. The van der Waals surface area contributed by atoms with Crippen molar-refractivity contribution in [2.75, 3.05) is 49.7 Å². The summed E-state index contributed by atoms with van der Waals surface area (Å²) in [5, 5.41) is 2.60. The van der Waals surface area contributed by atoms with Gasteiger partial charge in [-0.15, -0.1) is 0 Å². The first kappa shape index (κ1) is 34.6. The number of nitrogens with one attached hydrogen (secondary N) is 2. The number of morpholine rings is 1. The second-order valence-corrected chi connectivity index (χ2v) is 11.0. The van der Waals surface area contributed by atoms with E-state index in [2.05, 4.69) is 15.3 Å². The Balaban J connectivity index is 0.000000362. The molecule has 2 N–H and O–H groups in total. The molecule has 1 aliphatic carbocycles. The lowest BCUT2D eigenvalue weighted by Gasteiger charge is -2.28. The maximum Gasteiger partial charge on any atom is 0.416 e. The van der Waals surface area contributed by atoms with Crippen molar-refractivity contribution in [3.8, 4) is 11.1 Å². The first-order chi connectivity index (χ1) is 22.0. The number of ether oxygens (including phenoxy) is 3. The van der Waals surface area contributed by atoms with Crippen LogP contribution in [0.15, 0.2) is 53.6 Å². The van der Waals surface area contributed by atoms with Gasteiger partial charge in [-0.25, -0.2) is 4.79 Å². The Morgan fingerprint density at radius 3 is 2.57 bits per heavy atom. The molecule has 5 rings (SSSR count). The lowest BCUT2D eigenvalue weighted by Crippen LogP contribution is -2.39. The summed E-state index contributed by atoms with van der Waals surface area (Å²) in [6.45, 7) is 6.40. The van der Waals surface area contributed by atoms with Gasteiger partial charge in [0.05, 0.1) is 43.4 Å². The summed E-state index contributed by atoms with van der Waals surface area (Å²) in [5.41, 5.74) is 1.60. The van der Waals surface area contributed by atoms with E-state index in [9.17, 15) is 27.6 Å². The number of alkyl halides is 3. The molecule has 2 aromatic heterocycles. The Bertz CT molecular complexity index is 1540. The van der Waals surface area contributed by atoms with Gasteiger partial charge in [-0.1, -0.05) is 25.3 Å². The van der Waals surface area contributed by atoms with E-state index < -0.39 is 17.6 Å². The number of benzene rings is 1. The average Bonchev–Trinajstić information content (AvgIpc) is 3.06. The monoisotopic (exact) mass is 646 g/mol. The molecule has 2 aliphatic rings. The predicted octanol–water partition coefficient (Wildman–Crippen LogP) is 6.00. The summed E-state index contributed by atoms with van der Waals surface area (Å²) >= 11 is 0. The van der Waals surface area contributed by atoms with Gasteiger partial charge in [-0.05, 0) is 57.0 Å². The molecular formula is C33H41F3N4O6. The summed E-state index contributed by atoms with van der Waals surface area (Å²) in [6.07, 6.45) is 4.70. The van der Waals surface area contributed by atoms with E-state index in [0.29, 0.717) is 61.1 Å². The normalized spacial score (nSPS) is 15.5. The van der Waals surface area contributed by atoms with Crippen molar-refractivity contribution in [3.05, 3.63) is 76.0 Å². The highest BCUT2D eigenvalue weighted by Gasteiger charge is 2.31. The van der Waals surface area contributed by atoms with Gasteiger partial charge in [-0.2, -0.15) is 13.2 Å². The fraction of sp³-hybridized carbons (Fsp3) is 0.455. The predicted molar refractivity (Wildman–Crippen MR) is 169 cm³/mol. The second kappa shape index (κ2) is 16.4. The van der Waals surface area contributed by atoms with E-state index in [4.69, 9.17) is 14.2 Å². The van der Waals surface area contributed by atoms with E-state index in [-0.39, 0.29) is 31.2 Å². The van der Waals surface area contributed by atoms with Crippen LogP contribution in [0.5, 0.6) is 0 Å². The maximum absolute atomic E-state index is 13.0. The smallest absolute Gasteiger partial charge is 0.416 e. The second-order valence-electron chi connectivity index (χ2n) is 11.0. The highest BCUT2D eigenvalue weighted by atomic mass is 19.4. The van der Waals surface area contributed by atoms with E-state index in [1.165, 1.54) is 37.6 Å². The van der Waals surface area contributed by atoms with Crippen molar-refractivity contribution in [2.24, 2.45) is 0 Å². The van der Waals surface area contributed by atoms with Crippen LogP contribution in [-0.2, 0) is 25.2 Å². The molecule has 1 saturated carbocycles. The van der Waals surface area contributed by atoms with Crippen LogP contribution in [0.4, 0.5) is 24.5 Å². The number of aromatic amines is 1. The van der Waals surface area contributed by atoms with Crippen LogP contribution in [0.3, 0.4) is 0 Å². The molecule has 2 fully saturated rings. The average molecular weight is 647 g/mol. The Morgan fingerprint density at radius 2 is 1.87 bits per heavy atom. The number of hydrogen-bond acceptors (Lipinski definition) is 8. The van der Waals surface area contributed by atoms with Crippen LogP contribution in [0.25, 0.3) is 11.1 Å². The molecule has 0 spiro atoms. The fourth-order valence-corrected chi connectivity index (χ4v) is 5.22. The van der Waals surface area contributed by atoms with Crippen molar-refractivity contribution in [1.29, 1.82) is 0 Å². The zero-order valence-electron chi connectivity index (χ0n) is 26.0. The van der Waals surface area contributed by atoms with Gasteiger partial charge in [0.1, 0.15) is 12.3 Å². The van der Waals surface area contributed by atoms with Gasteiger partial charge < -0.3 is 29.4 Å². The third kappa shape index (κ3) is 9.88. The number of nitrogens with zero attached hydrogens (tertiary/aromatic N) is 2. The molecule has 0 radical (unpaired) electrons. The molecule has 10 nitrogen and oxygen atoms in total. The van der Waals surface area contributed by atoms with Crippen LogP contribution < -0.4 is 15.8 Å². The standard InChI is InChI=1S/C23H21F3N4O3.C10H18O3.H2/c1-14-19(16-10-20(22(32)28-12-16)30-5-7-33-8-6-30)11-18(13-27-14)29-21(31)15-3-2-4-17(9-15)23(24,25)26;1-2-12-10(11)8-13-9-6-4-3-5-7-9;/h2-4,9-13H,5-8H2,1H3,(H,28,32)(H,29,31);9H,2-8H2,1H3;1H. The first-order valence-electron chi connectivity index (χ1n) is 15.3. The van der Waals surface area contributed by atoms with Crippen molar-refractivity contribution >= 4 is 23.3 Å². The molecule has 250 valence electrons. The zero-order valence-corrected chi connectivity index (χ0v) is 26.0. The third-order valence-corrected chi connectivity index (χ3v) is 7.64. The molecule has 3 aromatic rings. The number of hydrogen-bond donors (Lipinski definition) is 2. The molecule has 1 saturated heterocycles. The molecule has 0 atom stereocenters. The van der Waals surface area contributed by atoms with Gasteiger partial charge in [-0.3, -0.25) is 14.6 Å². The summed E-state index contributed by atoms with van der Waals surface area (Å²) in [5.74, 6) is -0.929. The molecule has 1 aliphatic heterocycles. The van der Waals surface area contributed by atoms with Crippen molar-refractivity contribution < 1.29 is 38.4 Å². The summed E-state index contributed by atoms with van der Waals surface area (Å²) in [4.78, 5) is 44.8. The van der Waals surface area contributed by atoms with Crippen LogP contribution in [-0.4, -0.2) is 67.5 Å². The Hall–Kier alpha value is -4.23. The van der Waals surface area contributed by atoms with Gasteiger partial charge in [0, 0.05) is 43.1 Å². The third-order valence-electron chi connectivity index (χ3n) is 7.64. The number of aromatic nitrogens is 2. The number of amides is 1. The number of H-pyrrole nitrogens is 1. The quantitative estimate of drug-likeness (QED) is 0.286. The van der Waals surface area contributed by atoms with Gasteiger partial charge in [0.2, 0.25) is 0 Å². The lowest BCUT2D eigenvalue weighted by molar-refractivity contribution is -0.151. The SMILES string of the molecule is CCOC(=O)COC1CCCCC1.Cc1ncc(NC(=O)c2cccc(C(F)(F)F)c2)cc1-c1c[nH]c(=O)c(N2CCOCC2)c1.[HH]. The summed E-state index contributed by atoms with van der Waals surface area (Å²) < 4.78 is 54.4. The van der Waals surface area contributed by atoms with Gasteiger partial charge in [0.25, 0.3) is 11.5 Å². The fourth-order valence-electron chi connectivity index (χ4n) is 5.22. The molecular weight excluding hydrogens is 605 g/mol. The molecule has 1 aromatic carbocycles. The number of aryl methyl sites for hydroxylation is 1. The Kier molecular flexibility index (Phi) is 12.3. The van der Waals surface area contributed by atoms with Crippen molar-refractivity contribution in [1.82, 2.24) is 9.97 Å². The molecule has 0 bridgehead atoms. The number of carbonyl (C=O) groups excluding carboxylic acids is 2. The number of rotatable bonds is 8. The summed E-state index contributed by atoms with van der Waals surface area (Å²) in [6, 6.07) is 7.63. The number of carbonyl (C=O) groups is 2. The minimum atomic E-state index is -4.54. The zero-order chi connectivity index (χ0) is 33.1. The highest BCUT2D eigenvalue weighted by Crippen LogP contribution is 2.30. The first-order valence-corrected chi connectivity index (χ1v) is 15.3. The number of anilines is 2. The van der Waals surface area contributed by atoms with Gasteiger partial charge >= 0.3 is 12.1 Å². The minimum Gasteiger partial charge on any atom is -0.464 e. The maximum atomic E-state index is 13.0. The van der Waals surface area contributed by atoms with E-state index in [0.717, 1.165) is 25.0 Å². The van der Waals surface area contributed by atoms with Gasteiger partial charge in [0.15, 0.2) is 0 Å². The Labute approximate surface area is 266 Å². The molecule has 46 heavy (non-hydrogen) atoms. The lowest BCUT2D eigenvalue weighted by atomic mass is 9.98. The molecule has 0 unspecified atom stereocenters. The van der Waals surface area contributed by atoms with E-state index >= 15 is 0 Å². The number of halogens is 3. The van der Waals surface area contributed by atoms with Crippen LogP contribution in [0, 0.1) is 6.92 Å². The molecule has 1 amide bonds. The molecule has 13 heteroatoms. The highest BCUT2D eigenvalue weighted by molar-refractivity contribution is 6.04. The topological polar surface area (TPSA) is 123 Å². The minimum absolute atomic E-state index is 0. The number of esters is 1. The van der Waals surface area contributed by atoms with E-state index in [1.54, 1.807) is 32.2 Å². The van der Waals surface area contributed by atoms with E-state index in [1.807, 2.05) is 4.90 Å². The van der Waals surface area contributed by atoms with Crippen molar-refractivity contribution in [2.45, 2.75) is 58.2 Å². The molecule has 3 heterocycles. The van der Waals surface area contributed by atoms with Crippen LogP contribution >= 0.6 is 0 Å². The van der Waals surface area contributed by atoms with Crippen LogP contribution in [0.1, 0.15) is 62.1 Å². The van der Waals surface area contributed by atoms with Crippen molar-refractivity contribution in [3.63, 3.8) is 0 Å².